The minimum absolute atomic E-state index is 0.0997. The summed E-state index contributed by atoms with van der Waals surface area (Å²) in [6.45, 7) is 5.12. The standard InChI is InChI=1S/C25H32O8/c1-13-9-15-10-17(28-4)21(30-6)23(31-7)19(15)20-16(12-25(13,3)27)11-18(29-5)22(24(20)32-8)33-14(2)26/h10-11,13,27H,9,12H2,1-8H3/t13-,25-/m1/s1. The van der Waals surface area contributed by atoms with Crippen LogP contribution in [-0.4, -0.2) is 52.2 Å². The Morgan fingerprint density at radius 2 is 1.33 bits per heavy atom. The lowest BCUT2D eigenvalue weighted by Crippen LogP contribution is -2.37. The summed E-state index contributed by atoms with van der Waals surface area (Å²) in [6, 6.07) is 3.65. The molecule has 0 unspecified atom stereocenters. The van der Waals surface area contributed by atoms with Gasteiger partial charge < -0.3 is 33.5 Å². The maximum Gasteiger partial charge on any atom is 0.308 e. The van der Waals surface area contributed by atoms with Crippen molar-refractivity contribution < 1.29 is 38.3 Å². The molecule has 2 aromatic rings. The van der Waals surface area contributed by atoms with Gasteiger partial charge in [-0.1, -0.05) is 6.92 Å². The van der Waals surface area contributed by atoms with E-state index in [9.17, 15) is 9.90 Å². The summed E-state index contributed by atoms with van der Waals surface area (Å²) in [4.78, 5) is 11.9. The lowest BCUT2D eigenvalue weighted by atomic mass is 9.75. The van der Waals surface area contributed by atoms with E-state index in [2.05, 4.69) is 0 Å². The molecule has 8 nitrogen and oxygen atoms in total. The molecule has 0 aromatic heterocycles. The normalized spacial score (nSPS) is 19.4. The Kier molecular flexibility index (Phi) is 6.97. The SMILES string of the molecule is COc1cc2c(c(OC)c1OC)-c1c(cc(OC)c(OC(C)=O)c1OC)C[C@@](C)(O)[C@H](C)C2. The summed E-state index contributed by atoms with van der Waals surface area (Å²) >= 11 is 0. The van der Waals surface area contributed by atoms with Crippen LogP contribution in [-0.2, 0) is 17.6 Å². The van der Waals surface area contributed by atoms with Crippen LogP contribution in [0.1, 0.15) is 31.9 Å². The van der Waals surface area contributed by atoms with Crippen molar-refractivity contribution in [2.24, 2.45) is 5.92 Å². The molecule has 8 heteroatoms. The molecule has 0 radical (unpaired) electrons. The second-order valence-electron chi connectivity index (χ2n) is 8.39. The number of carbonyl (C=O) groups is 1. The van der Waals surface area contributed by atoms with Crippen LogP contribution in [0.15, 0.2) is 12.1 Å². The molecule has 0 amide bonds. The number of fused-ring (bicyclic) bond motifs is 3. The van der Waals surface area contributed by atoms with Gasteiger partial charge >= 0.3 is 5.97 Å². The molecule has 1 N–H and O–H groups in total. The molecule has 1 aliphatic carbocycles. The van der Waals surface area contributed by atoms with Crippen LogP contribution in [0.5, 0.6) is 34.5 Å². The first-order chi connectivity index (χ1) is 15.6. The Bertz CT molecular complexity index is 1060. The summed E-state index contributed by atoms with van der Waals surface area (Å²) in [7, 11) is 7.64. The minimum Gasteiger partial charge on any atom is -0.493 e. The van der Waals surface area contributed by atoms with Gasteiger partial charge in [0.05, 0.1) is 41.2 Å². The number of carbonyl (C=O) groups excluding carboxylic acids is 1. The van der Waals surface area contributed by atoms with Gasteiger partial charge in [-0.15, -0.1) is 0 Å². The molecule has 0 spiro atoms. The number of aliphatic hydroxyl groups is 1. The van der Waals surface area contributed by atoms with Crippen LogP contribution in [0.4, 0.5) is 0 Å². The zero-order valence-electron chi connectivity index (χ0n) is 20.5. The first kappa shape index (κ1) is 24.5. The predicted molar refractivity (Wildman–Crippen MR) is 123 cm³/mol. The Morgan fingerprint density at radius 1 is 0.848 bits per heavy atom. The van der Waals surface area contributed by atoms with Gasteiger partial charge in [0.1, 0.15) is 0 Å². The lowest BCUT2D eigenvalue weighted by Gasteiger charge is -2.36. The molecular weight excluding hydrogens is 428 g/mol. The zero-order valence-corrected chi connectivity index (χ0v) is 20.5. The van der Waals surface area contributed by atoms with E-state index in [1.54, 1.807) is 27.4 Å². The molecule has 2 atom stereocenters. The Hall–Kier alpha value is -3.13. The van der Waals surface area contributed by atoms with E-state index in [0.717, 1.165) is 16.7 Å². The van der Waals surface area contributed by atoms with Gasteiger partial charge in [0.25, 0.3) is 0 Å². The second-order valence-corrected chi connectivity index (χ2v) is 8.39. The molecule has 180 valence electrons. The second kappa shape index (κ2) is 9.39. The average Bonchev–Trinajstić information content (AvgIpc) is 2.77. The van der Waals surface area contributed by atoms with Gasteiger partial charge in [-0.05, 0) is 42.5 Å². The maximum absolute atomic E-state index is 11.9. The molecule has 0 saturated heterocycles. The van der Waals surface area contributed by atoms with Crippen molar-refractivity contribution in [2.75, 3.05) is 35.5 Å². The molecular formula is C25H32O8. The lowest BCUT2D eigenvalue weighted by molar-refractivity contribution is -0.132. The molecule has 0 aliphatic heterocycles. The molecule has 33 heavy (non-hydrogen) atoms. The van der Waals surface area contributed by atoms with Crippen molar-refractivity contribution >= 4 is 5.97 Å². The Morgan fingerprint density at radius 3 is 1.85 bits per heavy atom. The van der Waals surface area contributed by atoms with Crippen LogP contribution in [0, 0.1) is 5.92 Å². The first-order valence-electron chi connectivity index (χ1n) is 10.6. The Labute approximate surface area is 194 Å². The van der Waals surface area contributed by atoms with E-state index >= 15 is 0 Å². The van der Waals surface area contributed by atoms with Crippen molar-refractivity contribution in [3.8, 4) is 45.6 Å². The third-order valence-corrected chi connectivity index (χ3v) is 6.25. The highest BCUT2D eigenvalue weighted by atomic mass is 16.6. The quantitative estimate of drug-likeness (QED) is 0.514. The summed E-state index contributed by atoms with van der Waals surface area (Å²) < 4.78 is 33.9. The van der Waals surface area contributed by atoms with E-state index in [-0.39, 0.29) is 11.7 Å². The van der Waals surface area contributed by atoms with E-state index in [0.29, 0.717) is 47.2 Å². The first-order valence-corrected chi connectivity index (χ1v) is 10.6. The van der Waals surface area contributed by atoms with E-state index < -0.39 is 11.6 Å². The van der Waals surface area contributed by atoms with Gasteiger partial charge in [-0.3, -0.25) is 4.79 Å². The van der Waals surface area contributed by atoms with Crippen molar-refractivity contribution in [3.05, 3.63) is 23.3 Å². The van der Waals surface area contributed by atoms with Gasteiger partial charge in [0.15, 0.2) is 23.0 Å². The van der Waals surface area contributed by atoms with Gasteiger partial charge in [0, 0.05) is 24.5 Å². The fourth-order valence-corrected chi connectivity index (χ4v) is 4.42. The van der Waals surface area contributed by atoms with Gasteiger partial charge in [-0.25, -0.2) is 0 Å². The molecule has 0 fully saturated rings. The smallest absolute Gasteiger partial charge is 0.308 e. The molecule has 0 heterocycles. The topological polar surface area (TPSA) is 92.7 Å². The van der Waals surface area contributed by atoms with Crippen LogP contribution in [0.3, 0.4) is 0 Å². The summed E-state index contributed by atoms with van der Waals surface area (Å²) in [5, 5.41) is 11.4. The number of esters is 1. The highest BCUT2D eigenvalue weighted by Crippen LogP contribution is 2.56. The van der Waals surface area contributed by atoms with Gasteiger partial charge in [0.2, 0.25) is 11.5 Å². The molecule has 3 rings (SSSR count). The molecule has 1 aliphatic rings. The molecule has 0 bridgehead atoms. The number of ether oxygens (including phenoxy) is 6. The number of hydrogen-bond donors (Lipinski definition) is 1. The summed E-state index contributed by atoms with van der Waals surface area (Å²) in [5.41, 5.74) is 1.94. The van der Waals surface area contributed by atoms with Crippen molar-refractivity contribution in [3.63, 3.8) is 0 Å². The van der Waals surface area contributed by atoms with E-state index in [1.165, 1.54) is 21.1 Å². The van der Waals surface area contributed by atoms with Crippen molar-refractivity contribution in [1.82, 2.24) is 0 Å². The van der Waals surface area contributed by atoms with Gasteiger partial charge in [-0.2, -0.15) is 0 Å². The summed E-state index contributed by atoms with van der Waals surface area (Å²) in [6.07, 6.45) is 0.851. The number of benzene rings is 2. The number of rotatable bonds is 6. The van der Waals surface area contributed by atoms with Crippen LogP contribution in [0.2, 0.25) is 0 Å². The van der Waals surface area contributed by atoms with Crippen molar-refractivity contribution in [1.29, 1.82) is 0 Å². The van der Waals surface area contributed by atoms with E-state index in [4.69, 9.17) is 28.4 Å². The van der Waals surface area contributed by atoms with Crippen molar-refractivity contribution in [2.45, 2.75) is 39.2 Å². The highest BCUT2D eigenvalue weighted by Gasteiger charge is 2.38. The largest absolute Gasteiger partial charge is 0.493 e. The molecule has 2 aromatic carbocycles. The monoisotopic (exact) mass is 460 g/mol. The fraction of sp³-hybridized carbons (Fsp3) is 0.480. The Balaban J connectivity index is 2.55. The molecule has 0 saturated carbocycles. The third-order valence-electron chi connectivity index (χ3n) is 6.25. The number of methoxy groups -OCH3 is 5. The number of hydrogen-bond acceptors (Lipinski definition) is 8. The van der Waals surface area contributed by atoms with Crippen LogP contribution in [0.25, 0.3) is 11.1 Å². The maximum atomic E-state index is 11.9. The van der Waals surface area contributed by atoms with Crippen LogP contribution < -0.4 is 28.4 Å². The van der Waals surface area contributed by atoms with E-state index in [1.807, 2.05) is 19.9 Å². The average molecular weight is 461 g/mol. The predicted octanol–water partition coefficient (Wildman–Crippen LogP) is 3.81. The van der Waals surface area contributed by atoms with Crippen LogP contribution >= 0.6 is 0 Å². The summed E-state index contributed by atoms with van der Waals surface area (Å²) in [5.74, 6) is 1.56. The minimum atomic E-state index is -1.04. The highest BCUT2D eigenvalue weighted by molar-refractivity contribution is 5.89. The zero-order chi connectivity index (χ0) is 24.5. The third kappa shape index (κ3) is 4.27. The fourth-order valence-electron chi connectivity index (χ4n) is 4.42.